The predicted molar refractivity (Wildman–Crippen MR) is 86.4 cm³/mol. The van der Waals surface area contributed by atoms with Crippen LogP contribution in [0.15, 0.2) is 11.4 Å². The Hall–Kier alpha value is -1.93. The molecule has 0 saturated carbocycles. The fourth-order valence-corrected chi connectivity index (χ4v) is 2.83. The summed E-state index contributed by atoms with van der Waals surface area (Å²) in [5, 5.41) is 24.7. The van der Waals surface area contributed by atoms with Crippen molar-refractivity contribution in [1.82, 2.24) is 25.7 Å². The van der Waals surface area contributed by atoms with Gasteiger partial charge in [-0.05, 0) is 37.4 Å². The van der Waals surface area contributed by atoms with Gasteiger partial charge in [-0.25, -0.2) is 0 Å². The molecule has 2 aromatic heterocycles. The summed E-state index contributed by atoms with van der Waals surface area (Å²) in [7, 11) is 1.81. The van der Waals surface area contributed by atoms with Gasteiger partial charge in [0.25, 0.3) is 5.95 Å². The Morgan fingerprint density at radius 2 is 1.95 bits per heavy atom. The van der Waals surface area contributed by atoms with Crippen LogP contribution in [0.4, 0.5) is 10.9 Å². The van der Waals surface area contributed by atoms with Gasteiger partial charge in [-0.1, -0.05) is 13.8 Å². The summed E-state index contributed by atoms with van der Waals surface area (Å²) in [5.41, 5.74) is 1.04. The second-order valence-electron chi connectivity index (χ2n) is 5.27. The van der Waals surface area contributed by atoms with Crippen molar-refractivity contribution in [3.63, 3.8) is 0 Å². The first-order chi connectivity index (χ1) is 10.5. The monoisotopic (exact) mass is 320 g/mol. The van der Waals surface area contributed by atoms with E-state index in [9.17, 15) is 4.79 Å². The van der Waals surface area contributed by atoms with Gasteiger partial charge in [-0.15, -0.1) is 31.7 Å². The van der Waals surface area contributed by atoms with E-state index in [1.807, 2.05) is 25.3 Å². The van der Waals surface area contributed by atoms with E-state index in [4.69, 9.17) is 0 Å². The van der Waals surface area contributed by atoms with Crippen LogP contribution >= 0.6 is 11.3 Å². The number of carbonyl (C=O) groups excluding carboxylic acids is 1. The SMILES string of the molecule is CN[C@@H](Cc1ccsc1Nc1nnc(C)nn1)C(=O)C(C)C. The third-order valence-electron chi connectivity index (χ3n) is 3.24. The van der Waals surface area contributed by atoms with Crippen molar-refractivity contribution in [3.8, 4) is 0 Å². The maximum Gasteiger partial charge on any atom is 0.267 e. The Kier molecular flexibility index (Phi) is 5.51. The molecule has 2 N–H and O–H groups in total. The number of nitrogens with zero attached hydrogens (tertiary/aromatic N) is 4. The molecule has 7 nitrogen and oxygen atoms in total. The number of aromatic nitrogens is 4. The Morgan fingerprint density at radius 1 is 1.27 bits per heavy atom. The van der Waals surface area contributed by atoms with Crippen LogP contribution in [0.1, 0.15) is 25.2 Å². The van der Waals surface area contributed by atoms with Gasteiger partial charge in [-0.2, -0.15) is 0 Å². The lowest BCUT2D eigenvalue weighted by molar-refractivity contribution is -0.123. The number of ketones is 1. The summed E-state index contributed by atoms with van der Waals surface area (Å²) in [5.74, 6) is 1.08. The summed E-state index contributed by atoms with van der Waals surface area (Å²) in [6.07, 6.45) is 0.617. The average molecular weight is 320 g/mol. The summed E-state index contributed by atoms with van der Waals surface area (Å²) in [4.78, 5) is 12.2. The number of rotatable bonds is 7. The summed E-state index contributed by atoms with van der Waals surface area (Å²) in [6, 6.07) is 1.80. The largest absolute Gasteiger partial charge is 0.313 e. The second kappa shape index (κ2) is 7.37. The molecule has 0 amide bonds. The Balaban J connectivity index is 2.11. The normalized spacial score (nSPS) is 12.4. The molecule has 2 rings (SSSR count). The lowest BCUT2D eigenvalue weighted by Gasteiger charge is -2.17. The summed E-state index contributed by atoms with van der Waals surface area (Å²) < 4.78 is 0. The maximum absolute atomic E-state index is 12.2. The first-order valence-electron chi connectivity index (χ1n) is 7.09. The topological polar surface area (TPSA) is 92.7 Å². The molecule has 0 fully saturated rings. The van der Waals surface area contributed by atoms with Crippen LogP contribution in [0.25, 0.3) is 0 Å². The van der Waals surface area contributed by atoms with Crippen LogP contribution in [0.2, 0.25) is 0 Å². The van der Waals surface area contributed by atoms with Crippen molar-refractivity contribution in [3.05, 3.63) is 22.8 Å². The molecule has 2 aromatic rings. The molecule has 22 heavy (non-hydrogen) atoms. The van der Waals surface area contributed by atoms with Gasteiger partial charge in [-0.3, -0.25) is 4.79 Å². The van der Waals surface area contributed by atoms with Crippen LogP contribution < -0.4 is 10.6 Å². The van der Waals surface area contributed by atoms with Crippen molar-refractivity contribution in [2.75, 3.05) is 12.4 Å². The van der Waals surface area contributed by atoms with Gasteiger partial charge in [0, 0.05) is 5.92 Å². The summed E-state index contributed by atoms with van der Waals surface area (Å²) in [6.45, 7) is 5.56. The van der Waals surface area contributed by atoms with Crippen molar-refractivity contribution in [1.29, 1.82) is 0 Å². The van der Waals surface area contributed by atoms with E-state index in [1.54, 1.807) is 14.0 Å². The van der Waals surface area contributed by atoms with Crippen LogP contribution in [0.5, 0.6) is 0 Å². The Labute approximate surface area is 133 Å². The standard InChI is InChI=1S/C14H20N6OS/c1-8(2)12(21)11(15-4)7-10-5-6-22-13(10)16-14-19-17-9(3)18-20-14/h5-6,8,11,15H,7H2,1-4H3,(H,16,19,20)/t11-/m0/s1. The molecule has 1 atom stereocenters. The zero-order valence-electron chi connectivity index (χ0n) is 13.1. The number of hydrogen-bond acceptors (Lipinski definition) is 8. The van der Waals surface area contributed by atoms with Gasteiger partial charge in [0.05, 0.1) is 11.0 Å². The lowest BCUT2D eigenvalue weighted by atomic mass is 9.97. The van der Waals surface area contributed by atoms with E-state index in [-0.39, 0.29) is 17.7 Å². The molecular formula is C14H20N6OS. The third-order valence-corrected chi connectivity index (χ3v) is 4.11. The number of anilines is 2. The molecule has 0 radical (unpaired) electrons. The molecule has 0 saturated heterocycles. The molecule has 2 heterocycles. The zero-order valence-corrected chi connectivity index (χ0v) is 13.9. The molecule has 0 aromatic carbocycles. The lowest BCUT2D eigenvalue weighted by Crippen LogP contribution is -2.38. The molecular weight excluding hydrogens is 300 g/mol. The zero-order chi connectivity index (χ0) is 16.1. The number of likely N-dealkylation sites (N-methyl/N-ethyl adjacent to an activating group) is 1. The highest BCUT2D eigenvalue weighted by Gasteiger charge is 2.21. The molecule has 0 aliphatic carbocycles. The Morgan fingerprint density at radius 3 is 2.55 bits per heavy atom. The number of aryl methyl sites for hydroxylation is 1. The fraction of sp³-hybridized carbons (Fsp3) is 0.500. The molecule has 0 bridgehead atoms. The smallest absolute Gasteiger partial charge is 0.267 e. The molecule has 8 heteroatoms. The number of thiophene rings is 1. The minimum absolute atomic E-state index is 0.00123. The van der Waals surface area contributed by atoms with Gasteiger partial charge in [0.1, 0.15) is 0 Å². The van der Waals surface area contributed by atoms with Crippen molar-refractivity contribution in [2.45, 2.75) is 33.2 Å². The second-order valence-corrected chi connectivity index (χ2v) is 6.19. The fourth-order valence-electron chi connectivity index (χ4n) is 2.00. The first kappa shape index (κ1) is 16.4. The highest BCUT2D eigenvalue weighted by molar-refractivity contribution is 7.14. The van der Waals surface area contributed by atoms with Crippen molar-refractivity contribution >= 4 is 28.1 Å². The molecule has 0 spiro atoms. The van der Waals surface area contributed by atoms with Crippen LogP contribution in [0, 0.1) is 12.8 Å². The van der Waals surface area contributed by atoms with Crippen LogP contribution in [-0.2, 0) is 11.2 Å². The van der Waals surface area contributed by atoms with Crippen molar-refractivity contribution < 1.29 is 4.79 Å². The molecule has 0 aliphatic heterocycles. The number of hydrogen-bond donors (Lipinski definition) is 2. The van der Waals surface area contributed by atoms with E-state index < -0.39 is 0 Å². The van der Waals surface area contributed by atoms with E-state index in [0.29, 0.717) is 18.2 Å². The van der Waals surface area contributed by atoms with E-state index in [2.05, 4.69) is 31.0 Å². The van der Waals surface area contributed by atoms with Gasteiger partial charge >= 0.3 is 0 Å². The van der Waals surface area contributed by atoms with E-state index in [0.717, 1.165) is 10.6 Å². The van der Waals surface area contributed by atoms with Crippen LogP contribution in [0.3, 0.4) is 0 Å². The molecule has 0 unspecified atom stereocenters. The van der Waals surface area contributed by atoms with Crippen molar-refractivity contribution in [2.24, 2.45) is 5.92 Å². The van der Waals surface area contributed by atoms with Gasteiger partial charge in [0.2, 0.25) is 0 Å². The number of nitrogens with one attached hydrogen (secondary N) is 2. The average Bonchev–Trinajstić information content (AvgIpc) is 2.93. The van der Waals surface area contributed by atoms with Gasteiger partial charge in [0.15, 0.2) is 11.6 Å². The minimum atomic E-state index is -0.203. The maximum atomic E-state index is 12.2. The van der Waals surface area contributed by atoms with Crippen LogP contribution in [-0.4, -0.2) is 39.3 Å². The molecule has 0 aliphatic rings. The van der Waals surface area contributed by atoms with E-state index >= 15 is 0 Å². The molecule has 118 valence electrons. The highest BCUT2D eigenvalue weighted by Crippen LogP contribution is 2.27. The minimum Gasteiger partial charge on any atom is -0.313 e. The summed E-state index contributed by atoms with van der Waals surface area (Å²) >= 11 is 1.54. The third kappa shape index (κ3) is 4.05. The van der Waals surface area contributed by atoms with E-state index in [1.165, 1.54) is 11.3 Å². The van der Waals surface area contributed by atoms with Gasteiger partial charge < -0.3 is 10.6 Å². The number of Topliss-reactive ketones (excluding diaryl/α,β-unsaturated/α-hetero) is 1. The predicted octanol–water partition coefficient (Wildman–Crippen LogP) is 1.74. The number of carbonyl (C=O) groups is 1. The highest BCUT2D eigenvalue weighted by atomic mass is 32.1. The quantitative estimate of drug-likeness (QED) is 0.802. The Bertz CT molecular complexity index is 625. The first-order valence-corrected chi connectivity index (χ1v) is 7.97.